The largest absolute Gasteiger partial charge is 0.481 e. The second-order valence-electron chi connectivity index (χ2n) is 3.48. The van der Waals surface area contributed by atoms with Crippen molar-refractivity contribution in [1.82, 2.24) is 0 Å². The summed E-state index contributed by atoms with van der Waals surface area (Å²) >= 11 is 0. The first-order valence-corrected chi connectivity index (χ1v) is 5.02. The smallest absolute Gasteiger partial charge is 0.379 e. The number of aliphatic carboxylic acids is 1. The molecule has 0 radical (unpaired) electrons. The van der Waals surface area contributed by atoms with Crippen LogP contribution in [0.25, 0.3) is 0 Å². The molecule has 0 aliphatic rings. The number of esters is 1. The van der Waals surface area contributed by atoms with Crippen molar-refractivity contribution >= 4 is 17.7 Å². The van der Waals surface area contributed by atoms with Crippen LogP contribution in [0.15, 0.2) is 24.3 Å². The van der Waals surface area contributed by atoms with E-state index < -0.39 is 17.7 Å². The lowest BCUT2D eigenvalue weighted by Crippen LogP contribution is -2.16. The minimum Gasteiger partial charge on any atom is -0.481 e. The van der Waals surface area contributed by atoms with Crippen LogP contribution >= 0.6 is 0 Å². The van der Waals surface area contributed by atoms with Crippen molar-refractivity contribution in [2.45, 2.75) is 19.8 Å². The maximum Gasteiger partial charge on any atom is 0.379 e. The molecule has 90 valence electrons. The highest BCUT2D eigenvalue weighted by atomic mass is 16.5. The molecule has 0 heterocycles. The number of ketones is 1. The third-order valence-corrected chi connectivity index (χ3v) is 2.05. The molecule has 0 unspecified atom stereocenters. The topological polar surface area (TPSA) is 80.7 Å². The molecule has 0 saturated heterocycles. The number of ether oxygens (including phenoxy) is 1. The molecule has 0 amide bonds. The van der Waals surface area contributed by atoms with Gasteiger partial charge in [-0.05, 0) is 24.1 Å². The predicted octanol–water partition coefficient (Wildman–Crippen LogP) is 1.20. The van der Waals surface area contributed by atoms with Gasteiger partial charge >= 0.3 is 11.9 Å². The molecule has 0 bridgehead atoms. The SMILES string of the molecule is CC(=O)C(=O)Oc1ccc(CCC(=O)O)cc1. The van der Waals surface area contributed by atoms with Crippen molar-refractivity contribution in [2.75, 3.05) is 0 Å². The van der Waals surface area contributed by atoms with Gasteiger partial charge in [0.15, 0.2) is 0 Å². The third-order valence-electron chi connectivity index (χ3n) is 2.05. The van der Waals surface area contributed by atoms with E-state index in [0.717, 1.165) is 12.5 Å². The van der Waals surface area contributed by atoms with Crippen molar-refractivity contribution in [3.8, 4) is 5.75 Å². The molecule has 0 aliphatic heterocycles. The summed E-state index contributed by atoms with van der Waals surface area (Å²) in [5.41, 5.74) is 0.829. The standard InChI is InChI=1S/C12H12O5/c1-8(13)12(16)17-10-5-2-9(3-6-10)4-7-11(14)15/h2-3,5-6H,4,7H2,1H3,(H,14,15). The fourth-order valence-electron chi connectivity index (χ4n) is 1.15. The fraction of sp³-hybridized carbons (Fsp3) is 0.250. The van der Waals surface area contributed by atoms with Crippen molar-refractivity contribution < 1.29 is 24.2 Å². The molecule has 0 atom stereocenters. The number of aryl methyl sites for hydroxylation is 1. The molecule has 1 rings (SSSR count). The van der Waals surface area contributed by atoms with Gasteiger partial charge in [-0.1, -0.05) is 12.1 Å². The second kappa shape index (κ2) is 5.79. The molecule has 17 heavy (non-hydrogen) atoms. The fourth-order valence-corrected chi connectivity index (χ4v) is 1.15. The summed E-state index contributed by atoms with van der Waals surface area (Å²) in [6.07, 6.45) is 0.461. The highest BCUT2D eigenvalue weighted by Crippen LogP contribution is 2.13. The second-order valence-corrected chi connectivity index (χ2v) is 3.48. The van der Waals surface area contributed by atoms with E-state index >= 15 is 0 Å². The Bertz CT molecular complexity index is 433. The van der Waals surface area contributed by atoms with E-state index in [4.69, 9.17) is 9.84 Å². The van der Waals surface area contributed by atoms with Crippen LogP contribution in [-0.4, -0.2) is 22.8 Å². The zero-order valence-electron chi connectivity index (χ0n) is 9.30. The summed E-state index contributed by atoms with van der Waals surface area (Å²) in [4.78, 5) is 32.0. The predicted molar refractivity (Wildman–Crippen MR) is 58.7 cm³/mol. The summed E-state index contributed by atoms with van der Waals surface area (Å²) < 4.78 is 4.75. The molecule has 0 aromatic heterocycles. The number of carbonyl (C=O) groups excluding carboxylic acids is 2. The van der Waals surface area contributed by atoms with Crippen molar-refractivity contribution in [1.29, 1.82) is 0 Å². The Morgan fingerprint density at radius 1 is 1.18 bits per heavy atom. The molecular formula is C12H12O5. The highest BCUT2D eigenvalue weighted by Gasteiger charge is 2.10. The van der Waals surface area contributed by atoms with E-state index in [1.807, 2.05) is 0 Å². The van der Waals surface area contributed by atoms with E-state index in [9.17, 15) is 14.4 Å². The van der Waals surface area contributed by atoms with Crippen molar-refractivity contribution in [2.24, 2.45) is 0 Å². The Morgan fingerprint density at radius 2 is 1.76 bits per heavy atom. The van der Waals surface area contributed by atoms with Gasteiger partial charge in [-0.25, -0.2) is 4.79 Å². The minimum absolute atomic E-state index is 0.0482. The zero-order chi connectivity index (χ0) is 12.8. The summed E-state index contributed by atoms with van der Waals surface area (Å²) in [5, 5.41) is 8.50. The number of carbonyl (C=O) groups is 3. The molecule has 5 heteroatoms. The Labute approximate surface area is 98.0 Å². The summed E-state index contributed by atoms with van der Waals surface area (Å²) in [7, 11) is 0. The van der Waals surface area contributed by atoms with Gasteiger partial charge in [-0.3, -0.25) is 9.59 Å². The molecular weight excluding hydrogens is 224 g/mol. The monoisotopic (exact) mass is 236 g/mol. The number of rotatable bonds is 5. The Balaban J connectivity index is 2.58. The molecule has 1 aromatic rings. The van der Waals surface area contributed by atoms with Gasteiger partial charge in [-0.15, -0.1) is 0 Å². The summed E-state index contributed by atoms with van der Waals surface area (Å²) in [6.45, 7) is 1.13. The normalized spacial score (nSPS) is 9.71. The van der Waals surface area contributed by atoms with E-state index in [-0.39, 0.29) is 12.2 Å². The molecule has 0 saturated carbocycles. The van der Waals surface area contributed by atoms with Crippen LogP contribution in [0.4, 0.5) is 0 Å². The molecule has 0 aliphatic carbocycles. The van der Waals surface area contributed by atoms with Gasteiger partial charge in [0, 0.05) is 13.3 Å². The molecule has 0 fully saturated rings. The van der Waals surface area contributed by atoms with Crippen LogP contribution in [0, 0.1) is 0 Å². The first kappa shape index (κ1) is 12.9. The van der Waals surface area contributed by atoms with E-state index in [1.54, 1.807) is 12.1 Å². The number of benzene rings is 1. The van der Waals surface area contributed by atoms with Crippen LogP contribution in [0.2, 0.25) is 0 Å². The van der Waals surface area contributed by atoms with Gasteiger partial charge in [0.25, 0.3) is 0 Å². The van der Waals surface area contributed by atoms with Crippen LogP contribution in [0.1, 0.15) is 18.9 Å². The van der Waals surface area contributed by atoms with Gasteiger partial charge in [0.05, 0.1) is 0 Å². The average molecular weight is 236 g/mol. The molecule has 0 spiro atoms. The van der Waals surface area contributed by atoms with Crippen LogP contribution < -0.4 is 4.74 Å². The first-order chi connectivity index (χ1) is 7.99. The molecule has 1 aromatic carbocycles. The quantitative estimate of drug-likeness (QED) is 0.472. The van der Waals surface area contributed by atoms with Gasteiger partial charge in [-0.2, -0.15) is 0 Å². The van der Waals surface area contributed by atoms with Crippen molar-refractivity contribution in [3.63, 3.8) is 0 Å². The maximum absolute atomic E-state index is 11.0. The Kier molecular flexibility index (Phi) is 4.39. The van der Waals surface area contributed by atoms with Gasteiger partial charge < -0.3 is 9.84 Å². The number of carboxylic acid groups (broad SMARTS) is 1. The lowest BCUT2D eigenvalue weighted by Gasteiger charge is -2.03. The lowest BCUT2D eigenvalue weighted by molar-refractivity contribution is -0.146. The summed E-state index contributed by atoms with van der Waals surface area (Å²) in [6, 6.07) is 6.37. The number of hydrogen-bond donors (Lipinski definition) is 1. The Morgan fingerprint density at radius 3 is 2.24 bits per heavy atom. The number of carboxylic acids is 1. The van der Waals surface area contributed by atoms with Crippen LogP contribution in [0.3, 0.4) is 0 Å². The lowest BCUT2D eigenvalue weighted by atomic mass is 10.1. The first-order valence-electron chi connectivity index (χ1n) is 5.02. The van der Waals surface area contributed by atoms with Crippen LogP contribution in [-0.2, 0) is 20.8 Å². The minimum atomic E-state index is -0.914. The van der Waals surface area contributed by atoms with E-state index in [1.165, 1.54) is 12.1 Å². The van der Waals surface area contributed by atoms with Gasteiger partial charge in [0.1, 0.15) is 5.75 Å². The number of Topliss-reactive ketones (excluding diaryl/α,β-unsaturated/α-hetero) is 1. The third kappa shape index (κ3) is 4.46. The van der Waals surface area contributed by atoms with E-state index in [0.29, 0.717) is 6.42 Å². The zero-order valence-corrected chi connectivity index (χ0v) is 9.30. The Hall–Kier alpha value is -2.17. The highest BCUT2D eigenvalue weighted by molar-refractivity contribution is 6.33. The average Bonchev–Trinajstić information content (AvgIpc) is 2.28. The van der Waals surface area contributed by atoms with Gasteiger partial charge in [0.2, 0.25) is 5.78 Å². The maximum atomic E-state index is 11.0. The van der Waals surface area contributed by atoms with Crippen LogP contribution in [0.5, 0.6) is 5.75 Å². The molecule has 1 N–H and O–H groups in total. The molecule has 5 nitrogen and oxygen atoms in total. The van der Waals surface area contributed by atoms with E-state index in [2.05, 4.69) is 0 Å². The van der Waals surface area contributed by atoms with Crippen molar-refractivity contribution in [3.05, 3.63) is 29.8 Å². The number of hydrogen-bond acceptors (Lipinski definition) is 4. The summed E-state index contributed by atoms with van der Waals surface area (Å²) in [5.74, 6) is -2.18.